The number of anilines is 1. The zero-order chi connectivity index (χ0) is 14.0. The first kappa shape index (κ1) is 13.2. The summed E-state index contributed by atoms with van der Waals surface area (Å²) in [7, 11) is 3.23. The van der Waals surface area contributed by atoms with E-state index >= 15 is 0 Å². The van der Waals surface area contributed by atoms with Crippen molar-refractivity contribution in [3.63, 3.8) is 0 Å². The third kappa shape index (κ3) is 2.47. The Morgan fingerprint density at radius 1 is 1.37 bits per heavy atom. The zero-order valence-corrected chi connectivity index (χ0v) is 11.0. The van der Waals surface area contributed by atoms with Gasteiger partial charge in [-0.15, -0.1) is 0 Å². The van der Waals surface area contributed by atoms with Gasteiger partial charge in [0, 0.05) is 20.1 Å². The van der Waals surface area contributed by atoms with Gasteiger partial charge >= 0.3 is 0 Å². The van der Waals surface area contributed by atoms with Crippen LogP contribution in [0.3, 0.4) is 0 Å². The number of hydrogen-bond donors (Lipinski definition) is 1. The van der Waals surface area contributed by atoms with Crippen LogP contribution >= 0.6 is 0 Å². The van der Waals surface area contributed by atoms with Gasteiger partial charge in [-0.2, -0.15) is 0 Å². The third-order valence-electron chi connectivity index (χ3n) is 3.26. The average molecular weight is 263 g/mol. The van der Waals surface area contributed by atoms with Gasteiger partial charge < -0.3 is 20.3 Å². The van der Waals surface area contributed by atoms with E-state index in [4.69, 9.17) is 10.5 Å². The maximum Gasteiger partial charge on any atom is 0.256 e. The van der Waals surface area contributed by atoms with E-state index in [1.807, 2.05) is 0 Å². The van der Waals surface area contributed by atoms with Gasteiger partial charge in [0.15, 0.2) is 0 Å². The number of carbonyl (C=O) groups excluding carboxylic acids is 2. The van der Waals surface area contributed by atoms with Crippen molar-refractivity contribution in [1.29, 1.82) is 0 Å². The molecule has 6 nitrogen and oxygen atoms in total. The number of para-hydroxylation sites is 1. The highest BCUT2D eigenvalue weighted by molar-refractivity contribution is 6.02. The van der Waals surface area contributed by atoms with E-state index in [-0.39, 0.29) is 18.4 Å². The molecule has 1 saturated heterocycles. The molecule has 0 aromatic heterocycles. The number of amides is 2. The normalized spacial score (nSPS) is 15.6. The quantitative estimate of drug-likeness (QED) is 0.773. The molecule has 0 bridgehead atoms. The lowest BCUT2D eigenvalue weighted by atomic mass is 10.1. The fourth-order valence-electron chi connectivity index (χ4n) is 2.01. The number of rotatable bonds is 2. The minimum atomic E-state index is -0.238. The summed E-state index contributed by atoms with van der Waals surface area (Å²) in [4.78, 5) is 27.1. The molecule has 1 aromatic carbocycles. The summed E-state index contributed by atoms with van der Waals surface area (Å²) in [5.74, 6) is 0.158. The molecule has 1 aromatic rings. The van der Waals surface area contributed by atoms with Crippen LogP contribution in [-0.2, 0) is 4.79 Å². The summed E-state index contributed by atoms with van der Waals surface area (Å²) in [6.45, 7) is 1.14. The zero-order valence-electron chi connectivity index (χ0n) is 11.0. The molecule has 0 atom stereocenters. The SMILES string of the molecule is COc1cccc(C(=O)N2CCN(C)C(=O)C2)c1N. The lowest BCUT2D eigenvalue weighted by Crippen LogP contribution is -2.50. The first-order valence-electron chi connectivity index (χ1n) is 6.00. The van der Waals surface area contributed by atoms with Crippen molar-refractivity contribution >= 4 is 17.5 Å². The Bertz CT molecular complexity index is 516. The maximum absolute atomic E-state index is 12.4. The third-order valence-corrected chi connectivity index (χ3v) is 3.26. The van der Waals surface area contributed by atoms with Crippen LogP contribution in [0.4, 0.5) is 5.69 Å². The summed E-state index contributed by atoms with van der Waals surface area (Å²) in [5, 5.41) is 0. The van der Waals surface area contributed by atoms with E-state index in [0.717, 1.165) is 0 Å². The van der Waals surface area contributed by atoms with Crippen molar-refractivity contribution in [2.45, 2.75) is 0 Å². The molecule has 6 heteroatoms. The second-order valence-corrected chi connectivity index (χ2v) is 4.46. The van der Waals surface area contributed by atoms with E-state index in [9.17, 15) is 9.59 Å². The van der Waals surface area contributed by atoms with Crippen LogP contribution in [0.2, 0.25) is 0 Å². The molecule has 1 fully saturated rings. The number of carbonyl (C=O) groups is 2. The van der Waals surface area contributed by atoms with Gasteiger partial charge in [-0.3, -0.25) is 9.59 Å². The molecule has 102 valence electrons. The van der Waals surface area contributed by atoms with Crippen molar-refractivity contribution < 1.29 is 14.3 Å². The van der Waals surface area contributed by atoms with Crippen LogP contribution in [0.15, 0.2) is 18.2 Å². The lowest BCUT2D eigenvalue weighted by molar-refractivity contribution is -0.133. The number of benzene rings is 1. The minimum absolute atomic E-state index is 0.0685. The molecule has 0 saturated carbocycles. The van der Waals surface area contributed by atoms with E-state index in [1.54, 1.807) is 30.1 Å². The molecule has 0 unspecified atom stereocenters. The molecule has 1 aliphatic rings. The molecule has 2 N–H and O–H groups in total. The number of hydrogen-bond acceptors (Lipinski definition) is 4. The van der Waals surface area contributed by atoms with Crippen molar-refractivity contribution in [3.8, 4) is 5.75 Å². The predicted molar refractivity (Wildman–Crippen MR) is 70.9 cm³/mol. The molecule has 0 spiro atoms. The Labute approximate surface area is 111 Å². The topological polar surface area (TPSA) is 75.9 Å². The molecule has 1 heterocycles. The molecule has 1 aliphatic heterocycles. The summed E-state index contributed by atoms with van der Waals surface area (Å²) in [6.07, 6.45) is 0. The second-order valence-electron chi connectivity index (χ2n) is 4.46. The maximum atomic E-state index is 12.4. The Morgan fingerprint density at radius 3 is 2.74 bits per heavy atom. The lowest BCUT2D eigenvalue weighted by Gasteiger charge is -2.32. The van der Waals surface area contributed by atoms with Crippen LogP contribution in [0.25, 0.3) is 0 Å². The Morgan fingerprint density at radius 2 is 2.11 bits per heavy atom. The number of nitrogens with two attached hydrogens (primary N) is 1. The highest BCUT2D eigenvalue weighted by Gasteiger charge is 2.27. The summed E-state index contributed by atoms with van der Waals surface area (Å²) >= 11 is 0. The molecule has 2 rings (SSSR count). The first-order valence-corrected chi connectivity index (χ1v) is 6.00. The molecule has 19 heavy (non-hydrogen) atoms. The molecular weight excluding hydrogens is 246 g/mol. The molecule has 0 radical (unpaired) electrons. The summed E-state index contributed by atoms with van der Waals surface area (Å²) in [5.41, 5.74) is 6.57. The Balaban J connectivity index is 2.23. The smallest absolute Gasteiger partial charge is 0.256 e. The van der Waals surface area contributed by atoms with Gasteiger partial charge in [0.25, 0.3) is 5.91 Å². The van der Waals surface area contributed by atoms with Crippen LogP contribution in [0.5, 0.6) is 5.75 Å². The van der Waals surface area contributed by atoms with Crippen LogP contribution in [0.1, 0.15) is 10.4 Å². The van der Waals surface area contributed by atoms with E-state index in [0.29, 0.717) is 30.1 Å². The number of methoxy groups -OCH3 is 1. The highest BCUT2D eigenvalue weighted by atomic mass is 16.5. The van der Waals surface area contributed by atoms with Crippen molar-refractivity contribution in [2.75, 3.05) is 39.5 Å². The molecule has 2 amide bonds. The van der Waals surface area contributed by atoms with Gasteiger partial charge in [-0.05, 0) is 12.1 Å². The van der Waals surface area contributed by atoms with Crippen molar-refractivity contribution in [1.82, 2.24) is 9.80 Å². The minimum Gasteiger partial charge on any atom is -0.495 e. The van der Waals surface area contributed by atoms with Crippen molar-refractivity contribution in [3.05, 3.63) is 23.8 Å². The van der Waals surface area contributed by atoms with Gasteiger partial charge in [-0.1, -0.05) is 6.07 Å². The van der Waals surface area contributed by atoms with Crippen molar-refractivity contribution in [2.24, 2.45) is 0 Å². The fourth-order valence-corrected chi connectivity index (χ4v) is 2.01. The summed E-state index contributed by atoms with van der Waals surface area (Å²) in [6, 6.07) is 5.05. The standard InChI is InChI=1S/C13H17N3O3/c1-15-6-7-16(8-11(15)17)13(18)9-4-3-5-10(19-2)12(9)14/h3-5H,6-8,14H2,1-2H3. The number of ether oxygens (including phenoxy) is 1. The molecule has 0 aliphatic carbocycles. The van der Waals surface area contributed by atoms with Crippen LogP contribution in [-0.4, -0.2) is 55.4 Å². The van der Waals surface area contributed by atoms with Gasteiger partial charge in [0.05, 0.1) is 18.4 Å². The van der Waals surface area contributed by atoms with Gasteiger partial charge in [0.1, 0.15) is 12.3 Å². The van der Waals surface area contributed by atoms with E-state index < -0.39 is 0 Å². The summed E-state index contributed by atoms with van der Waals surface area (Å²) < 4.78 is 5.09. The predicted octanol–water partition coefficient (Wildman–Crippen LogP) is 0.192. The number of nitrogen functional groups attached to an aromatic ring is 1. The van der Waals surface area contributed by atoms with Gasteiger partial charge in [-0.25, -0.2) is 0 Å². The van der Waals surface area contributed by atoms with E-state index in [2.05, 4.69) is 0 Å². The van der Waals surface area contributed by atoms with Gasteiger partial charge in [0.2, 0.25) is 5.91 Å². The monoisotopic (exact) mass is 263 g/mol. The number of nitrogens with zero attached hydrogens (tertiary/aromatic N) is 2. The molecular formula is C13H17N3O3. The van der Waals surface area contributed by atoms with E-state index in [1.165, 1.54) is 12.0 Å². The highest BCUT2D eigenvalue weighted by Crippen LogP contribution is 2.26. The van der Waals surface area contributed by atoms with Crippen LogP contribution in [0, 0.1) is 0 Å². The second kappa shape index (κ2) is 5.17. The number of piperazine rings is 1. The Kier molecular flexibility index (Phi) is 3.59. The van der Waals surface area contributed by atoms with Crippen LogP contribution < -0.4 is 10.5 Å². The largest absolute Gasteiger partial charge is 0.495 e. The average Bonchev–Trinajstić information content (AvgIpc) is 2.41. The first-order chi connectivity index (χ1) is 9.04. The number of likely N-dealkylation sites (N-methyl/N-ethyl adjacent to an activating group) is 1. The fraction of sp³-hybridized carbons (Fsp3) is 0.385. The Hall–Kier alpha value is -2.24.